The van der Waals surface area contributed by atoms with Crippen LogP contribution in [0.5, 0.6) is 5.75 Å². The van der Waals surface area contributed by atoms with Crippen LogP contribution in [0.15, 0.2) is 24.3 Å². The summed E-state index contributed by atoms with van der Waals surface area (Å²) in [6, 6.07) is 1.18. The van der Waals surface area contributed by atoms with Crippen LogP contribution in [-0.4, -0.2) is 75.5 Å². The number of ketones is 2. The number of carboxylic acid groups (broad SMARTS) is 1. The monoisotopic (exact) mass is 526 g/mol. The third-order valence-electron chi connectivity index (χ3n) is 5.14. The van der Waals surface area contributed by atoms with Crippen LogP contribution >= 0.6 is 11.6 Å². The number of hydrogen-bond donors (Lipinski definition) is 6. The minimum Gasteiger partial charge on any atom is -0.508 e. The number of halogens is 1. The van der Waals surface area contributed by atoms with E-state index < -0.39 is 77.6 Å². The number of hydrogen-bond acceptors (Lipinski definition) is 8. The smallest absolute Gasteiger partial charge is 0.305 e. The topological polar surface area (TPSA) is 205 Å². The molecule has 36 heavy (non-hydrogen) atoms. The van der Waals surface area contributed by atoms with E-state index in [9.17, 15) is 33.9 Å². The van der Waals surface area contributed by atoms with Crippen molar-refractivity contribution in [2.24, 2.45) is 11.7 Å². The first-order chi connectivity index (χ1) is 16.8. The van der Waals surface area contributed by atoms with Crippen molar-refractivity contribution < 1.29 is 39.0 Å². The molecule has 0 unspecified atom stereocenters. The molecule has 0 aromatic heterocycles. The van der Waals surface area contributed by atoms with Crippen molar-refractivity contribution in [3.05, 3.63) is 29.8 Å². The lowest BCUT2D eigenvalue weighted by Crippen LogP contribution is -2.58. The zero-order chi connectivity index (χ0) is 27.6. The number of carbonyl (C=O) groups excluding carboxylic acids is 5. The molecule has 13 heteroatoms. The largest absolute Gasteiger partial charge is 0.508 e. The quantitative estimate of drug-likeness (QED) is 0.133. The average molecular weight is 527 g/mol. The average Bonchev–Trinajstić information content (AvgIpc) is 2.81. The van der Waals surface area contributed by atoms with E-state index in [1.807, 2.05) is 0 Å². The fourth-order valence-electron chi connectivity index (χ4n) is 3.08. The van der Waals surface area contributed by atoms with Crippen molar-refractivity contribution in [2.45, 2.75) is 57.8 Å². The van der Waals surface area contributed by atoms with Crippen molar-refractivity contribution in [1.29, 1.82) is 0 Å². The second-order valence-corrected chi connectivity index (χ2v) is 8.78. The first-order valence-corrected chi connectivity index (χ1v) is 11.6. The van der Waals surface area contributed by atoms with Crippen LogP contribution in [-0.2, 0) is 35.2 Å². The molecule has 4 atom stereocenters. The fourth-order valence-corrected chi connectivity index (χ4v) is 3.22. The number of phenolic OH excluding ortho intramolecular Hbond substituents is 1. The van der Waals surface area contributed by atoms with Gasteiger partial charge in [-0.25, -0.2) is 0 Å². The number of rotatable bonds is 14. The number of alkyl halides is 1. The van der Waals surface area contributed by atoms with E-state index in [0.29, 0.717) is 5.56 Å². The zero-order valence-electron chi connectivity index (χ0n) is 20.1. The predicted octanol–water partition coefficient (Wildman–Crippen LogP) is -0.756. The number of carboxylic acids is 1. The summed E-state index contributed by atoms with van der Waals surface area (Å²) in [5.74, 6) is -6.91. The second kappa shape index (κ2) is 14.1. The first kappa shape index (κ1) is 30.5. The molecule has 1 aromatic rings. The zero-order valence-corrected chi connectivity index (χ0v) is 20.9. The summed E-state index contributed by atoms with van der Waals surface area (Å²) in [4.78, 5) is 72.5. The van der Waals surface area contributed by atoms with E-state index in [4.69, 9.17) is 22.4 Å². The standard InChI is InChI=1S/C23H31ClN4O8/c1-11(2)19(28-22(35)15(25)8-13-4-6-14(29)7-5-13)23(36)26-12(3)21(34)27-16(9-18(31)32)20(33)17(30)10-24/h4-7,11-12,15-16,19,29H,8-10,25H2,1-3H3,(H,26,36)(H,27,34)(H,28,35)(H,31,32)/t12-,15-,16-,19-/m0/s1. The summed E-state index contributed by atoms with van der Waals surface area (Å²) < 4.78 is 0. The van der Waals surface area contributed by atoms with E-state index in [0.717, 1.165) is 0 Å². The normalized spacial score (nSPS) is 14.2. The molecular weight excluding hydrogens is 496 g/mol. The maximum absolute atomic E-state index is 12.8. The Kier molecular flexibility index (Phi) is 12.0. The number of phenols is 1. The van der Waals surface area contributed by atoms with E-state index in [-0.39, 0.29) is 12.2 Å². The van der Waals surface area contributed by atoms with Gasteiger partial charge in [-0.2, -0.15) is 0 Å². The minimum atomic E-state index is -1.65. The number of aliphatic carboxylic acids is 1. The van der Waals surface area contributed by atoms with Gasteiger partial charge < -0.3 is 31.9 Å². The molecule has 0 bridgehead atoms. The van der Waals surface area contributed by atoms with Gasteiger partial charge >= 0.3 is 5.97 Å². The van der Waals surface area contributed by atoms with Crippen molar-refractivity contribution in [3.63, 3.8) is 0 Å². The van der Waals surface area contributed by atoms with Gasteiger partial charge in [0.2, 0.25) is 29.3 Å². The highest BCUT2D eigenvalue weighted by molar-refractivity contribution is 6.48. The highest BCUT2D eigenvalue weighted by atomic mass is 35.5. The molecule has 7 N–H and O–H groups in total. The molecule has 1 aromatic carbocycles. The SMILES string of the molecule is CC(C)[C@H](NC(=O)[C@@H](N)Cc1ccc(O)cc1)C(=O)N[C@@H](C)C(=O)N[C@@H](CC(=O)O)C(=O)C(=O)CCl. The van der Waals surface area contributed by atoms with Crippen LogP contribution < -0.4 is 21.7 Å². The lowest BCUT2D eigenvalue weighted by molar-refractivity contribution is -0.143. The Labute approximate surface area is 212 Å². The lowest BCUT2D eigenvalue weighted by atomic mass is 10.0. The van der Waals surface area contributed by atoms with Gasteiger partial charge in [-0.05, 0) is 37.0 Å². The van der Waals surface area contributed by atoms with E-state index in [2.05, 4.69) is 16.0 Å². The van der Waals surface area contributed by atoms with Crippen LogP contribution in [0.25, 0.3) is 0 Å². The van der Waals surface area contributed by atoms with Gasteiger partial charge in [0.15, 0.2) is 0 Å². The molecule has 1 rings (SSSR count). The van der Waals surface area contributed by atoms with Crippen molar-refractivity contribution in [2.75, 3.05) is 5.88 Å². The van der Waals surface area contributed by atoms with Crippen LogP contribution in [0.3, 0.4) is 0 Å². The summed E-state index contributed by atoms with van der Waals surface area (Å²) in [5.41, 5.74) is 6.66. The Bertz CT molecular complexity index is 983. The maximum atomic E-state index is 12.8. The molecule has 0 aliphatic carbocycles. The third kappa shape index (κ3) is 9.62. The fraction of sp³-hybridized carbons (Fsp3) is 0.478. The highest BCUT2D eigenvalue weighted by Gasteiger charge is 2.32. The Hall–Kier alpha value is -3.51. The van der Waals surface area contributed by atoms with Gasteiger partial charge in [0.1, 0.15) is 23.9 Å². The molecule has 198 valence electrons. The number of carbonyl (C=O) groups is 6. The van der Waals surface area contributed by atoms with E-state index >= 15 is 0 Å². The van der Waals surface area contributed by atoms with Gasteiger partial charge in [-0.1, -0.05) is 26.0 Å². The Morgan fingerprint density at radius 1 is 0.917 bits per heavy atom. The van der Waals surface area contributed by atoms with Crippen LogP contribution in [0.4, 0.5) is 0 Å². The highest BCUT2D eigenvalue weighted by Crippen LogP contribution is 2.11. The number of Topliss-reactive ketones (excluding diaryl/α,β-unsaturated/α-hetero) is 2. The molecule has 0 spiro atoms. The summed E-state index contributed by atoms with van der Waals surface area (Å²) in [6.07, 6.45) is -0.700. The molecule has 12 nitrogen and oxygen atoms in total. The third-order valence-corrected chi connectivity index (χ3v) is 5.38. The molecule has 3 amide bonds. The molecule has 0 aliphatic rings. The van der Waals surface area contributed by atoms with Crippen molar-refractivity contribution >= 4 is 46.9 Å². The maximum Gasteiger partial charge on any atom is 0.305 e. The number of nitrogens with two attached hydrogens (primary N) is 1. The summed E-state index contributed by atoms with van der Waals surface area (Å²) in [7, 11) is 0. The molecule has 0 radical (unpaired) electrons. The lowest BCUT2D eigenvalue weighted by Gasteiger charge is -2.25. The van der Waals surface area contributed by atoms with Crippen LogP contribution in [0, 0.1) is 5.92 Å². The number of benzene rings is 1. The summed E-state index contributed by atoms with van der Waals surface area (Å²) >= 11 is 5.33. The van der Waals surface area contributed by atoms with E-state index in [1.165, 1.54) is 19.1 Å². The Morgan fingerprint density at radius 2 is 1.50 bits per heavy atom. The van der Waals surface area contributed by atoms with Gasteiger partial charge in [-0.3, -0.25) is 28.8 Å². The number of amides is 3. The van der Waals surface area contributed by atoms with Gasteiger partial charge in [0, 0.05) is 0 Å². The van der Waals surface area contributed by atoms with Gasteiger partial charge in [0.25, 0.3) is 0 Å². The molecule has 0 saturated carbocycles. The molecule has 0 saturated heterocycles. The van der Waals surface area contributed by atoms with Gasteiger partial charge in [0.05, 0.1) is 18.3 Å². The Morgan fingerprint density at radius 3 is 2.00 bits per heavy atom. The molecule has 0 aliphatic heterocycles. The van der Waals surface area contributed by atoms with Crippen LogP contribution in [0.2, 0.25) is 0 Å². The molecule has 0 fully saturated rings. The van der Waals surface area contributed by atoms with Gasteiger partial charge in [-0.15, -0.1) is 11.6 Å². The molecule has 0 heterocycles. The van der Waals surface area contributed by atoms with Crippen molar-refractivity contribution in [3.8, 4) is 5.75 Å². The van der Waals surface area contributed by atoms with E-state index in [1.54, 1.807) is 26.0 Å². The summed E-state index contributed by atoms with van der Waals surface area (Å²) in [6.45, 7) is 4.62. The predicted molar refractivity (Wildman–Crippen MR) is 129 cm³/mol. The molecular formula is C23H31ClN4O8. The van der Waals surface area contributed by atoms with Crippen molar-refractivity contribution in [1.82, 2.24) is 16.0 Å². The number of aromatic hydroxyl groups is 1. The van der Waals surface area contributed by atoms with Crippen LogP contribution in [0.1, 0.15) is 32.8 Å². The first-order valence-electron chi connectivity index (χ1n) is 11.1. The number of nitrogens with one attached hydrogen (secondary N) is 3. The second-order valence-electron chi connectivity index (χ2n) is 8.52. The summed E-state index contributed by atoms with van der Waals surface area (Å²) in [5, 5.41) is 25.4. The minimum absolute atomic E-state index is 0.0655. The Balaban J connectivity index is 2.81.